The molecule has 0 atom stereocenters. The van der Waals surface area contributed by atoms with Crippen LogP contribution in [-0.4, -0.2) is 0 Å². The molecule has 0 saturated heterocycles. The molecule has 53 heavy (non-hydrogen) atoms. The quantitative estimate of drug-likeness (QED) is 0.111. The number of benzene rings is 8. The van der Waals surface area contributed by atoms with Gasteiger partial charge in [0.05, 0.1) is 0 Å². The molecule has 5 heteroatoms. The van der Waals surface area contributed by atoms with E-state index in [0.717, 1.165) is 0 Å². The number of rotatable bonds is 7. The van der Waals surface area contributed by atoms with Crippen LogP contribution in [0.4, 0.5) is 0 Å². The molecule has 0 aliphatic heterocycles. The summed E-state index contributed by atoms with van der Waals surface area (Å²) in [5, 5.41) is 13.4. The fourth-order valence-electron chi connectivity index (χ4n) is 7.05. The van der Waals surface area contributed by atoms with E-state index in [9.17, 15) is 0 Å². The molecule has 0 fully saturated rings. The molecule has 8 aromatic carbocycles. The molecule has 0 aliphatic rings. The molecule has 0 nitrogen and oxygen atoms in total. The van der Waals surface area contributed by atoms with Gasteiger partial charge in [-0.25, -0.2) is 0 Å². The van der Waals surface area contributed by atoms with E-state index in [-0.39, 0.29) is 15.9 Å². The Balaban J connectivity index is 0.00000140. The van der Waals surface area contributed by atoms with E-state index in [0.29, 0.717) is 0 Å². The fourth-order valence-corrected chi connectivity index (χ4v) is 11.9. The van der Waals surface area contributed by atoms with Crippen molar-refractivity contribution in [1.82, 2.24) is 0 Å². The molecule has 8 rings (SSSR count). The van der Waals surface area contributed by atoms with Gasteiger partial charge in [-0.3, -0.25) is 0 Å². The Morgan fingerprint density at radius 2 is 0.604 bits per heavy atom. The Bertz CT molecular complexity index is 2210. The van der Waals surface area contributed by atoms with Gasteiger partial charge in [0.25, 0.3) is 0 Å². The van der Waals surface area contributed by atoms with Crippen molar-refractivity contribution in [2.75, 3.05) is 0 Å². The van der Waals surface area contributed by atoms with E-state index >= 15 is 0 Å². The van der Waals surface area contributed by atoms with Crippen molar-refractivity contribution in [1.29, 1.82) is 0 Å². The number of aryl methyl sites for hydroxylation is 4. The van der Waals surface area contributed by atoms with Crippen LogP contribution in [0, 0.1) is 27.7 Å². The van der Waals surface area contributed by atoms with Gasteiger partial charge < -0.3 is 0 Å². The zero-order chi connectivity index (χ0) is 36.9. The Labute approximate surface area is 332 Å². The molecule has 8 aromatic rings. The Morgan fingerprint density at radius 1 is 0.340 bits per heavy atom. The van der Waals surface area contributed by atoms with Crippen LogP contribution in [0.5, 0.6) is 0 Å². The van der Waals surface area contributed by atoms with Crippen molar-refractivity contribution in [3.05, 3.63) is 192 Å². The molecular formula is C48H40Cl2P2Pd. The zero-order valence-corrected chi connectivity index (χ0v) is 35.0. The van der Waals surface area contributed by atoms with E-state index in [1.165, 1.54) is 86.8 Å². The van der Waals surface area contributed by atoms with Crippen molar-refractivity contribution in [3.63, 3.8) is 0 Å². The molecule has 0 bridgehead atoms. The van der Waals surface area contributed by atoms with Gasteiger partial charge in [-0.1, -0.05) is 192 Å². The van der Waals surface area contributed by atoms with Crippen LogP contribution in [0.25, 0.3) is 32.7 Å². The molecule has 0 aromatic heterocycles. The first kappa shape index (κ1) is 37.7. The summed E-state index contributed by atoms with van der Waals surface area (Å²) in [6.45, 7) is 8.72. The average molecular weight is 856 g/mol. The third kappa shape index (κ3) is 8.24. The molecule has 0 unspecified atom stereocenters. The molecule has 0 amide bonds. The van der Waals surface area contributed by atoms with Gasteiger partial charge in [0.2, 0.25) is 0 Å². The normalized spacial score (nSPS) is 11.3. The summed E-state index contributed by atoms with van der Waals surface area (Å²) >= 11 is -0.106. The predicted octanol–water partition coefficient (Wildman–Crippen LogP) is 11.8. The molecule has 0 saturated carbocycles. The molecule has 266 valence electrons. The third-order valence-electron chi connectivity index (χ3n) is 9.71. The third-order valence-corrected chi connectivity index (χ3v) is 14.7. The molecule has 0 aliphatic carbocycles. The zero-order valence-electron chi connectivity index (χ0n) is 30.1. The molecule has 0 radical (unpaired) electrons. The maximum absolute atomic E-state index is 4.81. The summed E-state index contributed by atoms with van der Waals surface area (Å²) in [4.78, 5) is 0. The van der Waals surface area contributed by atoms with Gasteiger partial charge in [0.1, 0.15) is 0 Å². The summed E-state index contributed by atoms with van der Waals surface area (Å²) in [6, 6.07) is 64.6. The molecular weight excluding hydrogens is 816 g/mol. The van der Waals surface area contributed by atoms with Crippen molar-refractivity contribution in [2.24, 2.45) is 0 Å². The first-order valence-electron chi connectivity index (χ1n) is 17.6. The van der Waals surface area contributed by atoms with E-state index in [1.54, 1.807) is 0 Å². The van der Waals surface area contributed by atoms with Gasteiger partial charge in [-0.2, -0.15) is 0 Å². The Kier molecular flexibility index (Phi) is 12.3. The van der Waals surface area contributed by atoms with Crippen LogP contribution in [0.3, 0.4) is 0 Å². The van der Waals surface area contributed by atoms with Crippen molar-refractivity contribution in [2.45, 2.75) is 27.7 Å². The predicted molar refractivity (Wildman–Crippen MR) is 235 cm³/mol. The van der Waals surface area contributed by atoms with Gasteiger partial charge in [-0.15, -0.1) is 0 Å². The minimum atomic E-state index is -0.885. The molecule has 0 spiro atoms. The second kappa shape index (κ2) is 17.2. The van der Waals surface area contributed by atoms with Crippen LogP contribution in [0.1, 0.15) is 22.3 Å². The first-order valence-corrected chi connectivity index (χ1v) is 24.3. The summed E-state index contributed by atoms with van der Waals surface area (Å²) in [6.07, 6.45) is 0. The number of halogens is 2. The Morgan fingerprint density at radius 3 is 0.887 bits per heavy atom. The average Bonchev–Trinajstić information content (AvgIpc) is 3.18. The maximum atomic E-state index is 4.81. The number of fused-ring (bicyclic) bond motifs is 2. The van der Waals surface area contributed by atoms with Crippen LogP contribution < -0.4 is 31.8 Å². The number of hydrogen-bond acceptors (Lipinski definition) is 0. The van der Waals surface area contributed by atoms with Gasteiger partial charge in [0, 0.05) is 0 Å². The summed E-state index contributed by atoms with van der Waals surface area (Å²) in [7, 11) is 7.86. The van der Waals surface area contributed by atoms with E-state index in [2.05, 4.69) is 198 Å². The van der Waals surface area contributed by atoms with E-state index in [1.807, 2.05) is 0 Å². The topological polar surface area (TPSA) is 0 Å². The second-order valence-electron chi connectivity index (χ2n) is 13.4. The van der Waals surface area contributed by atoms with Crippen molar-refractivity contribution >= 4 is 88.3 Å². The summed E-state index contributed by atoms with van der Waals surface area (Å²) < 4.78 is 0. The van der Waals surface area contributed by atoms with Crippen LogP contribution >= 0.6 is 34.9 Å². The number of hydrogen-bond donors (Lipinski definition) is 0. The summed E-state index contributed by atoms with van der Waals surface area (Å²) in [5.74, 6) is 0. The van der Waals surface area contributed by atoms with Gasteiger partial charge >= 0.3 is 35.0 Å². The first-order chi connectivity index (χ1) is 25.9. The van der Waals surface area contributed by atoms with E-state index in [4.69, 9.17) is 19.1 Å². The van der Waals surface area contributed by atoms with Crippen molar-refractivity contribution in [3.8, 4) is 11.1 Å². The standard InChI is InChI=1S/C48H40P2.2ClH.Pd/c1-33-13-23-39(24-14-33)49(40-25-15-34(2)16-26-40)45-31-21-37-9-5-7-11-43(37)47(45)48-44-12-8-6-10-38(44)22-32-46(48)50(41-27-17-35(3)18-28-41)42-29-19-36(4)20-30-42;;;/h5-32H,1-4H3;2*1H;/q;;;+2/p-2. The monoisotopic (exact) mass is 854 g/mol. The molecule has 0 heterocycles. The van der Waals surface area contributed by atoms with Crippen LogP contribution in [0.2, 0.25) is 0 Å². The van der Waals surface area contributed by atoms with Gasteiger partial charge in [0.15, 0.2) is 0 Å². The second-order valence-corrected chi connectivity index (χ2v) is 20.2. The van der Waals surface area contributed by atoms with Crippen LogP contribution in [0.15, 0.2) is 170 Å². The van der Waals surface area contributed by atoms with Crippen LogP contribution in [-0.2, 0) is 15.9 Å². The van der Waals surface area contributed by atoms with Gasteiger partial charge in [-0.05, 0) is 108 Å². The minimum absolute atomic E-state index is 0.106. The molecule has 0 N–H and O–H groups in total. The fraction of sp³-hybridized carbons (Fsp3) is 0.0833. The summed E-state index contributed by atoms with van der Waals surface area (Å²) in [5.41, 5.74) is 7.84. The van der Waals surface area contributed by atoms with E-state index < -0.39 is 15.8 Å². The van der Waals surface area contributed by atoms with Crippen molar-refractivity contribution < 1.29 is 15.9 Å². The SMILES string of the molecule is Cc1ccc(P(c2ccc(C)cc2)c2ccc3ccccc3c2-c2c(P(c3ccc(C)cc3)c3ccc(C)cc3)ccc3ccccc23)cc1.[Cl][Pd][Cl]. The Hall–Kier alpha value is -3.62.